The lowest BCUT2D eigenvalue weighted by Crippen LogP contribution is -2.53. The van der Waals surface area contributed by atoms with Crippen molar-refractivity contribution in [1.82, 2.24) is 20.1 Å². The zero-order valence-electron chi connectivity index (χ0n) is 31.5. The normalized spacial score (nSPS) is 15.4. The fourth-order valence-corrected chi connectivity index (χ4v) is 5.85. The van der Waals surface area contributed by atoms with E-state index in [4.69, 9.17) is 0 Å². The number of carbonyl (C=O) groups excluding carboxylic acids is 7. The molecule has 14 heteroatoms. The van der Waals surface area contributed by atoms with Gasteiger partial charge in [0.1, 0.15) is 17.8 Å². The van der Waals surface area contributed by atoms with Crippen molar-refractivity contribution >= 4 is 58.4 Å². The number of nitrogens with one attached hydrogen (secondary N) is 5. The minimum Gasteiger partial charge on any atom is -0.344 e. The van der Waals surface area contributed by atoms with Crippen LogP contribution in [0.3, 0.4) is 0 Å². The highest BCUT2D eigenvalue weighted by atomic mass is 16.2. The average Bonchev–Trinajstić information content (AvgIpc) is 3.59. The van der Waals surface area contributed by atoms with E-state index in [-0.39, 0.29) is 60.1 Å². The van der Waals surface area contributed by atoms with Crippen molar-refractivity contribution < 1.29 is 33.6 Å². The van der Waals surface area contributed by atoms with Gasteiger partial charge in [-0.2, -0.15) is 0 Å². The van der Waals surface area contributed by atoms with Crippen molar-refractivity contribution in [1.29, 1.82) is 0 Å². The van der Waals surface area contributed by atoms with E-state index in [1.807, 2.05) is 20.8 Å². The Morgan fingerprint density at radius 2 is 1.40 bits per heavy atom. The molecular weight excluding hydrogens is 666 g/mol. The minimum absolute atomic E-state index is 0.106. The van der Waals surface area contributed by atoms with Gasteiger partial charge < -0.3 is 31.2 Å². The van der Waals surface area contributed by atoms with Gasteiger partial charge in [-0.25, -0.2) is 0 Å². The van der Waals surface area contributed by atoms with Gasteiger partial charge in [-0.15, -0.1) is 0 Å². The maximum absolute atomic E-state index is 13.1. The summed E-state index contributed by atoms with van der Waals surface area (Å²) in [5.41, 5.74) is 1.83. The number of nitrogens with zero attached hydrogens (tertiary/aromatic N) is 2. The Balaban J connectivity index is 1.42. The summed E-state index contributed by atoms with van der Waals surface area (Å²) in [6.07, 6.45) is 6.00. The third-order valence-electron chi connectivity index (χ3n) is 9.08. The average molecular weight is 722 g/mol. The number of unbranched alkanes of at least 4 members (excludes halogenated alkanes) is 3. The zero-order chi connectivity index (χ0) is 38.5. The second-order valence-corrected chi connectivity index (χ2v) is 14.2. The number of anilines is 3. The predicted octanol–water partition coefficient (Wildman–Crippen LogP) is 4.58. The van der Waals surface area contributed by atoms with Gasteiger partial charge in [0.15, 0.2) is 0 Å². The van der Waals surface area contributed by atoms with Gasteiger partial charge >= 0.3 is 0 Å². The van der Waals surface area contributed by atoms with Crippen molar-refractivity contribution in [2.45, 2.75) is 105 Å². The fourth-order valence-electron chi connectivity index (χ4n) is 5.85. The number of rotatable bonds is 19. The molecule has 1 aliphatic heterocycles. The van der Waals surface area contributed by atoms with E-state index in [9.17, 15) is 33.6 Å². The number of carbonyl (C=O) groups is 7. The topological polar surface area (TPSA) is 188 Å². The van der Waals surface area contributed by atoms with Gasteiger partial charge in [-0.1, -0.05) is 47.5 Å². The number of aromatic nitrogens is 1. The minimum atomic E-state index is -0.912. The van der Waals surface area contributed by atoms with Gasteiger partial charge in [0, 0.05) is 56.3 Å². The maximum atomic E-state index is 13.1. The van der Waals surface area contributed by atoms with Crippen molar-refractivity contribution in [3.63, 3.8) is 0 Å². The molecule has 2 heterocycles. The molecule has 5 N–H and O–H groups in total. The number of benzene rings is 1. The van der Waals surface area contributed by atoms with Gasteiger partial charge in [0.25, 0.3) is 5.91 Å². The number of hydrogen-bond acceptors (Lipinski definition) is 7. The first-order valence-electron chi connectivity index (χ1n) is 18.2. The first-order chi connectivity index (χ1) is 24.6. The van der Waals surface area contributed by atoms with Crippen LogP contribution in [0.25, 0.3) is 0 Å². The Labute approximate surface area is 306 Å². The van der Waals surface area contributed by atoms with Crippen molar-refractivity contribution in [3.8, 4) is 0 Å². The zero-order valence-corrected chi connectivity index (χ0v) is 31.5. The fraction of sp³-hybridized carbons (Fsp3) is 0.553. The molecule has 0 bridgehead atoms. The van der Waals surface area contributed by atoms with E-state index in [0.29, 0.717) is 55.0 Å². The van der Waals surface area contributed by atoms with Crippen LogP contribution in [0.4, 0.5) is 17.1 Å². The van der Waals surface area contributed by atoms with Crippen LogP contribution >= 0.6 is 0 Å². The highest BCUT2D eigenvalue weighted by Gasteiger charge is 2.39. The second kappa shape index (κ2) is 19.6. The Morgan fingerprint density at radius 3 is 2.00 bits per heavy atom. The predicted molar refractivity (Wildman–Crippen MR) is 199 cm³/mol. The summed E-state index contributed by atoms with van der Waals surface area (Å²) < 4.78 is 1.62. The summed E-state index contributed by atoms with van der Waals surface area (Å²) in [4.78, 5) is 89.7. The highest BCUT2D eigenvalue weighted by Crippen LogP contribution is 2.26. The summed E-state index contributed by atoms with van der Waals surface area (Å²) in [5, 5.41) is 13.8. The highest BCUT2D eigenvalue weighted by molar-refractivity contribution is 6.05. The third kappa shape index (κ3) is 12.1. The molecule has 1 fully saturated rings. The maximum Gasteiger partial charge on any atom is 0.272 e. The van der Waals surface area contributed by atoms with Crippen LogP contribution in [0.15, 0.2) is 36.5 Å². The summed E-state index contributed by atoms with van der Waals surface area (Å²) in [7, 11) is 1.71. The molecule has 7 amide bonds. The largest absolute Gasteiger partial charge is 0.344 e. The smallest absolute Gasteiger partial charge is 0.272 e. The van der Waals surface area contributed by atoms with E-state index in [0.717, 1.165) is 12.8 Å². The first-order valence-corrected chi connectivity index (χ1v) is 18.2. The van der Waals surface area contributed by atoms with Crippen LogP contribution in [0.2, 0.25) is 0 Å². The molecule has 0 spiro atoms. The molecular formula is C38H55N7O7. The number of likely N-dealkylation sites (tertiary alicyclic amines) is 1. The van der Waals surface area contributed by atoms with Crippen LogP contribution in [0, 0.1) is 17.8 Å². The first kappa shape index (κ1) is 41.4. The standard InChI is InChI=1S/C38H55N7O7/c1-8-9-13-31(46)40-28-20-30(44(7)22-28)36(50)42-27-17-15-26(16-18-27)41-35(49)25(6)39-37(51)34(24(4)5)43-32(47)14-11-10-12-19-45-33(48)21-29(23(2)3)38(45)52/h15-18,20,22-25,29,34H,8-14,19,21H2,1-7H3,(H,39,51)(H,40,46)(H,41,49)(H,42,50)(H,43,47)/t25-,29?,34-/m0/s1. The van der Waals surface area contributed by atoms with Crippen LogP contribution < -0.4 is 26.6 Å². The summed E-state index contributed by atoms with van der Waals surface area (Å²) in [6.45, 7) is 11.4. The summed E-state index contributed by atoms with van der Waals surface area (Å²) in [5.74, 6) is -2.37. The molecule has 284 valence electrons. The van der Waals surface area contributed by atoms with Gasteiger partial charge in [-0.3, -0.25) is 38.5 Å². The third-order valence-corrected chi connectivity index (χ3v) is 9.08. The quantitative estimate of drug-likeness (QED) is 0.104. The number of hydrogen-bond donors (Lipinski definition) is 5. The molecule has 14 nitrogen and oxygen atoms in total. The van der Waals surface area contributed by atoms with E-state index < -0.39 is 23.9 Å². The van der Waals surface area contributed by atoms with E-state index in [1.165, 1.54) is 4.90 Å². The Kier molecular flexibility index (Phi) is 15.6. The van der Waals surface area contributed by atoms with Crippen LogP contribution in [-0.2, 0) is 35.8 Å². The molecule has 1 aliphatic rings. The summed E-state index contributed by atoms with van der Waals surface area (Å²) >= 11 is 0. The van der Waals surface area contributed by atoms with Crippen LogP contribution in [-0.4, -0.2) is 69.4 Å². The van der Waals surface area contributed by atoms with Crippen molar-refractivity contribution in [2.75, 3.05) is 22.5 Å². The lowest BCUT2D eigenvalue weighted by molar-refractivity contribution is -0.140. The summed E-state index contributed by atoms with van der Waals surface area (Å²) in [6, 6.07) is 6.34. The molecule has 1 saturated heterocycles. The molecule has 3 rings (SSSR count). The number of aryl methyl sites for hydroxylation is 1. The van der Waals surface area contributed by atoms with Crippen LogP contribution in [0.5, 0.6) is 0 Å². The van der Waals surface area contributed by atoms with Crippen LogP contribution in [0.1, 0.15) is 103 Å². The molecule has 52 heavy (non-hydrogen) atoms. The van der Waals surface area contributed by atoms with E-state index in [2.05, 4.69) is 26.6 Å². The van der Waals surface area contributed by atoms with E-state index in [1.54, 1.807) is 68.9 Å². The van der Waals surface area contributed by atoms with E-state index >= 15 is 0 Å². The number of imide groups is 1. The van der Waals surface area contributed by atoms with Gasteiger partial charge in [0.2, 0.25) is 35.4 Å². The molecule has 1 aromatic carbocycles. The lowest BCUT2D eigenvalue weighted by Gasteiger charge is -2.24. The molecule has 2 aromatic rings. The van der Waals surface area contributed by atoms with Crippen molar-refractivity contribution in [2.24, 2.45) is 24.8 Å². The van der Waals surface area contributed by atoms with Gasteiger partial charge in [-0.05, 0) is 68.4 Å². The molecule has 0 aliphatic carbocycles. The molecule has 3 atom stereocenters. The molecule has 0 saturated carbocycles. The monoisotopic (exact) mass is 721 g/mol. The SMILES string of the molecule is CCCCC(=O)Nc1cc(C(=O)Nc2ccc(NC(=O)[C@H](C)NC(=O)[C@@H](NC(=O)CCCCCN3C(=O)CC(C(C)C)C3=O)C(C)C)cc2)n(C)c1. The lowest BCUT2D eigenvalue weighted by atomic mass is 9.94. The van der Waals surface area contributed by atoms with Crippen molar-refractivity contribution in [3.05, 3.63) is 42.2 Å². The molecule has 0 radical (unpaired) electrons. The Morgan fingerprint density at radius 1 is 0.769 bits per heavy atom. The Bertz CT molecular complexity index is 1600. The number of amides is 7. The molecule has 1 unspecified atom stereocenters. The van der Waals surface area contributed by atoms with Gasteiger partial charge in [0.05, 0.1) is 5.69 Å². The second-order valence-electron chi connectivity index (χ2n) is 14.2. The molecule has 1 aromatic heterocycles. The Hall–Kier alpha value is -5.01.